The number of methoxy groups -OCH3 is 1. The number of aromatic nitrogens is 2. The summed E-state index contributed by atoms with van der Waals surface area (Å²) in [5, 5.41) is 7.01. The van der Waals surface area contributed by atoms with E-state index >= 15 is 0 Å². The predicted molar refractivity (Wildman–Crippen MR) is 111 cm³/mol. The third-order valence-electron chi connectivity index (χ3n) is 5.83. The van der Waals surface area contributed by atoms with E-state index in [0.29, 0.717) is 5.41 Å². The topological polar surface area (TPSA) is 63.5 Å². The molecule has 1 heterocycles. The van der Waals surface area contributed by atoms with Gasteiger partial charge in [-0.15, -0.1) is 0 Å². The average Bonchev–Trinajstić information content (AvgIpc) is 3.28. The number of guanidine groups is 1. The second-order valence-electron chi connectivity index (χ2n) is 7.60. The predicted octanol–water partition coefficient (Wildman–Crippen LogP) is 3.11. The third-order valence-corrected chi connectivity index (χ3v) is 5.83. The largest absolute Gasteiger partial charge is 0.385 e. The number of aryl methyl sites for hydroxylation is 1. The molecule has 2 aromatic rings. The normalized spacial score (nSPS) is 16.8. The van der Waals surface area contributed by atoms with E-state index in [4.69, 9.17) is 4.74 Å². The van der Waals surface area contributed by atoms with Crippen LogP contribution in [0.4, 0.5) is 0 Å². The number of benzene rings is 1. The number of ether oxygens (including phenoxy) is 1. The summed E-state index contributed by atoms with van der Waals surface area (Å²) >= 11 is 0. The lowest BCUT2D eigenvalue weighted by molar-refractivity contribution is 0.138. The molecule has 0 atom stereocenters. The fourth-order valence-electron chi connectivity index (χ4n) is 4.21. The van der Waals surface area contributed by atoms with Gasteiger partial charge in [-0.3, -0.25) is 4.99 Å². The fraction of sp³-hybridized carbons (Fsp3) is 0.619. The van der Waals surface area contributed by atoms with Gasteiger partial charge in [0, 0.05) is 40.4 Å². The average molecular weight is 372 g/mol. The Morgan fingerprint density at radius 3 is 2.78 bits per heavy atom. The molecular weight excluding hydrogens is 338 g/mol. The number of hydrogen-bond donors (Lipinski definition) is 2. The molecule has 0 spiro atoms. The molecule has 0 saturated heterocycles. The molecule has 0 radical (unpaired) electrons. The van der Waals surface area contributed by atoms with Crippen LogP contribution in [-0.4, -0.2) is 49.4 Å². The molecule has 0 unspecified atom stereocenters. The molecule has 3 rings (SSSR count). The number of para-hydroxylation sites is 2. The highest BCUT2D eigenvalue weighted by atomic mass is 16.5. The quantitative estimate of drug-likeness (QED) is 0.553. The summed E-state index contributed by atoms with van der Waals surface area (Å²) in [7, 11) is 3.63. The van der Waals surface area contributed by atoms with Crippen LogP contribution in [0.5, 0.6) is 0 Å². The first-order valence-electron chi connectivity index (χ1n) is 10.0. The van der Waals surface area contributed by atoms with E-state index in [1.807, 2.05) is 13.1 Å². The molecule has 1 aliphatic rings. The highest BCUT2D eigenvalue weighted by Gasteiger charge is 2.33. The molecule has 1 saturated carbocycles. The molecule has 1 fully saturated rings. The number of imidazole rings is 1. The van der Waals surface area contributed by atoms with Gasteiger partial charge in [0.2, 0.25) is 0 Å². The minimum Gasteiger partial charge on any atom is -0.385 e. The molecule has 2 N–H and O–H groups in total. The van der Waals surface area contributed by atoms with Gasteiger partial charge >= 0.3 is 0 Å². The first-order valence-corrected chi connectivity index (χ1v) is 10.0. The van der Waals surface area contributed by atoms with Gasteiger partial charge in [0.1, 0.15) is 5.82 Å². The lowest BCUT2D eigenvalue weighted by Gasteiger charge is -2.30. The summed E-state index contributed by atoms with van der Waals surface area (Å²) in [5.41, 5.74) is 2.59. The number of rotatable bonds is 8. The van der Waals surface area contributed by atoms with Crippen LogP contribution in [-0.2, 0) is 11.3 Å². The highest BCUT2D eigenvalue weighted by Crippen LogP contribution is 2.40. The first kappa shape index (κ1) is 19.7. The number of nitrogens with one attached hydrogen (secondary N) is 2. The van der Waals surface area contributed by atoms with Gasteiger partial charge in [-0.1, -0.05) is 25.0 Å². The number of fused-ring (bicyclic) bond motifs is 1. The maximum Gasteiger partial charge on any atom is 0.191 e. The van der Waals surface area contributed by atoms with Crippen molar-refractivity contribution in [2.45, 2.75) is 45.6 Å². The standard InChI is InChI=1S/C21H33N5O/c1-17-25-18-8-4-5-9-19(18)26(17)14-13-23-20(22-2)24-16-21(12-15-27-3)10-6-7-11-21/h4-5,8-9H,6-7,10-16H2,1-3H3,(H2,22,23,24). The molecule has 0 amide bonds. The Bertz CT molecular complexity index is 761. The molecule has 27 heavy (non-hydrogen) atoms. The summed E-state index contributed by atoms with van der Waals surface area (Å²) in [5.74, 6) is 1.92. The fourth-order valence-corrected chi connectivity index (χ4v) is 4.21. The smallest absolute Gasteiger partial charge is 0.191 e. The van der Waals surface area contributed by atoms with E-state index in [0.717, 1.165) is 50.0 Å². The van der Waals surface area contributed by atoms with Gasteiger partial charge in [-0.25, -0.2) is 4.98 Å². The summed E-state index contributed by atoms with van der Waals surface area (Å²) in [6, 6.07) is 8.29. The zero-order chi connectivity index (χ0) is 19.1. The van der Waals surface area contributed by atoms with Gasteiger partial charge < -0.3 is 19.9 Å². The number of hydrogen-bond acceptors (Lipinski definition) is 3. The summed E-state index contributed by atoms with van der Waals surface area (Å²) in [6.07, 6.45) is 6.32. The Morgan fingerprint density at radius 1 is 1.26 bits per heavy atom. The highest BCUT2D eigenvalue weighted by molar-refractivity contribution is 5.79. The maximum atomic E-state index is 5.33. The van der Waals surface area contributed by atoms with Crippen molar-refractivity contribution in [1.29, 1.82) is 0 Å². The number of aliphatic imine (C=N–C) groups is 1. The van der Waals surface area contributed by atoms with Crippen LogP contribution >= 0.6 is 0 Å². The lowest BCUT2D eigenvalue weighted by atomic mass is 9.83. The van der Waals surface area contributed by atoms with Crippen molar-refractivity contribution in [1.82, 2.24) is 20.2 Å². The van der Waals surface area contributed by atoms with Crippen LogP contribution in [0.25, 0.3) is 11.0 Å². The van der Waals surface area contributed by atoms with Crippen molar-refractivity contribution in [2.24, 2.45) is 10.4 Å². The Morgan fingerprint density at radius 2 is 2.04 bits per heavy atom. The molecule has 148 valence electrons. The maximum absolute atomic E-state index is 5.33. The monoisotopic (exact) mass is 371 g/mol. The van der Waals surface area contributed by atoms with Crippen molar-refractivity contribution in [3.63, 3.8) is 0 Å². The zero-order valence-corrected chi connectivity index (χ0v) is 16.9. The molecule has 1 aliphatic carbocycles. The van der Waals surface area contributed by atoms with Gasteiger partial charge in [0.25, 0.3) is 0 Å². The first-order chi connectivity index (χ1) is 13.2. The molecule has 0 aliphatic heterocycles. The van der Waals surface area contributed by atoms with Gasteiger partial charge in [-0.2, -0.15) is 0 Å². The van der Waals surface area contributed by atoms with Crippen molar-refractivity contribution in [2.75, 3.05) is 33.9 Å². The van der Waals surface area contributed by atoms with Crippen LogP contribution in [0.2, 0.25) is 0 Å². The Balaban J connectivity index is 1.52. The second-order valence-corrected chi connectivity index (χ2v) is 7.60. The minimum absolute atomic E-state index is 0.352. The van der Waals surface area contributed by atoms with E-state index in [9.17, 15) is 0 Å². The Labute approximate surface area is 162 Å². The van der Waals surface area contributed by atoms with Crippen LogP contribution in [0, 0.1) is 12.3 Å². The van der Waals surface area contributed by atoms with Crippen LogP contribution in [0.1, 0.15) is 37.9 Å². The van der Waals surface area contributed by atoms with E-state index in [-0.39, 0.29) is 0 Å². The van der Waals surface area contributed by atoms with Crippen molar-refractivity contribution in [3.05, 3.63) is 30.1 Å². The van der Waals surface area contributed by atoms with E-state index in [1.165, 1.54) is 31.2 Å². The minimum atomic E-state index is 0.352. The Hall–Kier alpha value is -2.08. The van der Waals surface area contributed by atoms with Crippen LogP contribution < -0.4 is 10.6 Å². The summed E-state index contributed by atoms with van der Waals surface area (Å²) in [4.78, 5) is 9.04. The van der Waals surface area contributed by atoms with Gasteiger partial charge in [0.15, 0.2) is 5.96 Å². The van der Waals surface area contributed by atoms with E-state index in [2.05, 4.69) is 50.3 Å². The molecular formula is C21H33N5O. The van der Waals surface area contributed by atoms with Crippen molar-refractivity contribution >= 4 is 17.0 Å². The molecule has 6 nitrogen and oxygen atoms in total. The lowest BCUT2D eigenvalue weighted by Crippen LogP contribution is -2.44. The van der Waals surface area contributed by atoms with Crippen molar-refractivity contribution < 1.29 is 4.74 Å². The van der Waals surface area contributed by atoms with Crippen LogP contribution in [0.3, 0.4) is 0 Å². The molecule has 6 heteroatoms. The molecule has 1 aromatic heterocycles. The van der Waals surface area contributed by atoms with Crippen molar-refractivity contribution in [3.8, 4) is 0 Å². The summed E-state index contributed by atoms with van der Waals surface area (Å²) < 4.78 is 7.59. The second kappa shape index (κ2) is 9.22. The summed E-state index contributed by atoms with van der Waals surface area (Å²) in [6.45, 7) is 5.53. The van der Waals surface area contributed by atoms with Crippen LogP contribution in [0.15, 0.2) is 29.3 Å². The van der Waals surface area contributed by atoms with Gasteiger partial charge in [-0.05, 0) is 43.7 Å². The van der Waals surface area contributed by atoms with Gasteiger partial charge in [0.05, 0.1) is 11.0 Å². The zero-order valence-electron chi connectivity index (χ0n) is 16.9. The third kappa shape index (κ3) is 4.80. The SMILES string of the molecule is CN=C(NCCn1c(C)nc2ccccc21)NCC1(CCOC)CCCC1. The van der Waals surface area contributed by atoms with E-state index < -0.39 is 0 Å². The number of nitrogens with zero attached hydrogens (tertiary/aromatic N) is 3. The van der Waals surface area contributed by atoms with E-state index in [1.54, 1.807) is 7.11 Å². The molecule has 1 aromatic carbocycles. The Kier molecular flexibility index (Phi) is 6.72. The molecule has 0 bridgehead atoms.